The van der Waals surface area contributed by atoms with Crippen molar-refractivity contribution in [1.29, 1.82) is 0 Å². The lowest BCUT2D eigenvalue weighted by Crippen LogP contribution is -2.39. The summed E-state index contributed by atoms with van der Waals surface area (Å²) in [6, 6.07) is 0. The lowest BCUT2D eigenvalue weighted by atomic mass is 9.62. The van der Waals surface area contributed by atoms with Crippen molar-refractivity contribution in [3.8, 4) is 0 Å². The molecule has 104 valence electrons. The number of alkyl halides is 2. The molecule has 2 aliphatic carbocycles. The van der Waals surface area contributed by atoms with Crippen LogP contribution in [-0.2, 0) is 9.53 Å². The maximum atomic E-state index is 12.8. The van der Waals surface area contributed by atoms with Crippen molar-refractivity contribution >= 4 is 5.97 Å². The summed E-state index contributed by atoms with van der Waals surface area (Å²) in [6.45, 7) is 2.80. The van der Waals surface area contributed by atoms with Gasteiger partial charge in [0.05, 0.1) is 6.61 Å². The van der Waals surface area contributed by atoms with Gasteiger partial charge in [-0.05, 0) is 31.1 Å². The molecular formula is C14H22F2O2. The molecule has 2 bridgehead atoms. The summed E-state index contributed by atoms with van der Waals surface area (Å²) < 4.78 is 30.3. The van der Waals surface area contributed by atoms with Crippen LogP contribution in [0.15, 0.2) is 0 Å². The molecule has 0 aromatic rings. The van der Waals surface area contributed by atoms with Gasteiger partial charge in [-0.2, -0.15) is 8.78 Å². The first-order valence-electron chi connectivity index (χ1n) is 6.84. The predicted molar refractivity (Wildman–Crippen MR) is 64.4 cm³/mol. The Morgan fingerprint density at radius 2 is 1.89 bits per heavy atom. The van der Waals surface area contributed by atoms with Crippen LogP contribution in [0.4, 0.5) is 8.78 Å². The average Bonchev–Trinajstić information content (AvgIpc) is 2.24. The topological polar surface area (TPSA) is 26.3 Å². The number of ether oxygens (including phenoxy) is 1. The maximum absolute atomic E-state index is 12.8. The molecule has 0 heterocycles. The lowest BCUT2D eigenvalue weighted by molar-refractivity contribution is -0.174. The standard InChI is InChI=1S/C14H22F2O2/c1-13(9-18-12(17)14(2,15)16)7-10-4-3-5-11(6-10)8-13/h10-11H,3-9H2,1-2H3. The first kappa shape index (κ1) is 13.8. The summed E-state index contributed by atoms with van der Waals surface area (Å²) in [5.74, 6) is -3.37. The zero-order valence-electron chi connectivity index (χ0n) is 11.2. The Bertz CT molecular complexity index is 310. The van der Waals surface area contributed by atoms with Gasteiger partial charge < -0.3 is 4.74 Å². The molecule has 4 heteroatoms. The third-order valence-electron chi connectivity index (χ3n) is 4.36. The van der Waals surface area contributed by atoms with Gasteiger partial charge in [0.2, 0.25) is 0 Å². The molecule has 2 saturated carbocycles. The number of rotatable bonds is 3. The van der Waals surface area contributed by atoms with E-state index in [-0.39, 0.29) is 12.0 Å². The Balaban J connectivity index is 1.90. The minimum absolute atomic E-state index is 0.102. The van der Waals surface area contributed by atoms with Crippen molar-refractivity contribution in [1.82, 2.24) is 0 Å². The smallest absolute Gasteiger partial charge is 0.376 e. The maximum Gasteiger partial charge on any atom is 0.376 e. The molecule has 0 aliphatic heterocycles. The van der Waals surface area contributed by atoms with Crippen molar-refractivity contribution in [3.05, 3.63) is 0 Å². The SMILES string of the molecule is CC1(COC(=O)C(C)(F)F)CC2CCCC(C2)C1. The molecule has 18 heavy (non-hydrogen) atoms. The van der Waals surface area contributed by atoms with E-state index in [0.29, 0.717) is 18.8 Å². The molecule has 2 nitrogen and oxygen atoms in total. The van der Waals surface area contributed by atoms with Crippen LogP contribution in [0.3, 0.4) is 0 Å². The largest absolute Gasteiger partial charge is 0.461 e. The molecule has 0 spiro atoms. The second-order valence-corrected chi connectivity index (χ2v) is 6.58. The molecular weight excluding hydrogens is 238 g/mol. The molecule has 0 radical (unpaired) electrons. The summed E-state index contributed by atoms with van der Waals surface area (Å²) in [4.78, 5) is 11.1. The van der Waals surface area contributed by atoms with Crippen LogP contribution < -0.4 is 0 Å². The molecule has 0 N–H and O–H groups in total. The highest BCUT2D eigenvalue weighted by molar-refractivity contribution is 5.76. The Kier molecular flexibility index (Phi) is 3.65. The highest BCUT2D eigenvalue weighted by Crippen LogP contribution is 2.48. The predicted octanol–water partition coefficient (Wildman–Crippen LogP) is 3.79. The van der Waals surface area contributed by atoms with Crippen molar-refractivity contribution < 1.29 is 18.3 Å². The molecule has 2 atom stereocenters. The van der Waals surface area contributed by atoms with E-state index in [0.717, 1.165) is 12.8 Å². The number of fused-ring (bicyclic) bond motifs is 2. The first-order valence-corrected chi connectivity index (χ1v) is 6.84. The van der Waals surface area contributed by atoms with Crippen molar-refractivity contribution in [2.24, 2.45) is 17.3 Å². The number of halogens is 2. The number of carbonyl (C=O) groups excluding carboxylic acids is 1. The van der Waals surface area contributed by atoms with Crippen molar-refractivity contribution in [2.75, 3.05) is 6.61 Å². The van der Waals surface area contributed by atoms with Crippen LogP contribution >= 0.6 is 0 Å². The third-order valence-corrected chi connectivity index (χ3v) is 4.36. The molecule has 2 rings (SSSR count). The summed E-state index contributed by atoms with van der Waals surface area (Å²) in [6.07, 6.45) is 7.05. The van der Waals surface area contributed by atoms with E-state index in [1.165, 1.54) is 25.7 Å². The van der Waals surface area contributed by atoms with Gasteiger partial charge in [0, 0.05) is 12.3 Å². The van der Waals surface area contributed by atoms with E-state index < -0.39 is 11.9 Å². The summed E-state index contributed by atoms with van der Waals surface area (Å²) in [7, 11) is 0. The van der Waals surface area contributed by atoms with E-state index in [1.807, 2.05) is 0 Å². The monoisotopic (exact) mass is 260 g/mol. The van der Waals surface area contributed by atoms with Gasteiger partial charge in [-0.25, -0.2) is 4.79 Å². The Morgan fingerprint density at radius 3 is 2.39 bits per heavy atom. The van der Waals surface area contributed by atoms with Crippen molar-refractivity contribution in [2.45, 2.75) is 58.3 Å². The molecule has 0 aromatic carbocycles. The zero-order chi connectivity index (χ0) is 13.4. The fourth-order valence-electron chi connectivity index (χ4n) is 3.73. The first-order chi connectivity index (χ1) is 8.28. The molecule has 0 aromatic heterocycles. The lowest BCUT2D eigenvalue weighted by Gasteiger charge is -2.45. The third kappa shape index (κ3) is 3.21. The number of hydrogen-bond donors (Lipinski definition) is 0. The second kappa shape index (κ2) is 4.78. The summed E-state index contributed by atoms with van der Waals surface area (Å²) >= 11 is 0. The fourth-order valence-corrected chi connectivity index (χ4v) is 3.73. The molecule has 2 unspecified atom stereocenters. The van der Waals surface area contributed by atoms with E-state index in [2.05, 4.69) is 6.92 Å². The van der Waals surface area contributed by atoms with Gasteiger partial charge >= 0.3 is 11.9 Å². The molecule has 2 fully saturated rings. The number of esters is 1. The van der Waals surface area contributed by atoms with E-state index >= 15 is 0 Å². The second-order valence-electron chi connectivity index (χ2n) is 6.58. The van der Waals surface area contributed by atoms with Crippen LogP contribution in [0.25, 0.3) is 0 Å². The normalized spacial score (nSPS) is 36.2. The molecule has 0 saturated heterocycles. The van der Waals surface area contributed by atoms with Gasteiger partial charge in [0.1, 0.15) is 0 Å². The highest BCUT2D eigenvalue weighted by atomic mass is 19.3. The van der Waals surface area contributed by atoms with Gasteiger partial charge in [0.15, 0.2) is 0 Å². The van der Waals surface area contributed by atoms with Gasteiger partial charge in [-0.3, -0.25) is 0 Å². The Morgan fingerprint density at radius 1 is 1.33 bits per heavy atom. The zero-order valence-corrected chi connectivity index (χ0v) is 11.2. The van der Waals surface area contributed by atoms with Crippen LogP contribution in [-0.4, -0.2) is 18.5 Å². The molecule has 2 aliphatic rings. The van der Waals surface area contributed by atoms with Gasteiger partial charge in [0.25, 0.3) is 0 Å². The van der Waals surface area contributed by atoms with Crippen LogP contribution in [0.5, 0.6) is 0 Å². The highest BCUT2D eigenvalue weighted by Gasteiger charge is 2.41. The minimum Gasteiger partial charge on any atom is -0.461 e. The minimum atomic E-state index is -3.37. The van der Waals surface area contributed by atoms with Gasteiger partial charge in [-0.15, -0.1) is 0 Å². The average molecular weight is 260 g/mol. The van der Waals surface area contributed by atoms with Crippen LogP contribution in [0, 0.1) is 17.3 Å². The Labute approximate surface area is 107 Å². The fraction of sp³-hybridized carbons (Fsp3) is 0.929. The van der Waals surface area contributed by atoms with E-state index in [1.54, 1.807) is 0 Å². The van der Waals surface area contributed by atoms with Crippen molar-refractivity contribution in [3.63, 3.8) is 0 Å². The number of hydrogen-bond acceptors (Lipinski definition) is 2. The summed E-state index contributed by atoms with van der Waals surface area (Å²) in [5.41, 5.74) is -0.102. The van der Waals surface area contributed by atoms with E-state index in [4.69, 9.17) is 4.74 Å². The van der Waals surface area contributed by atoms with Crippen LogP contribution in [0.1, 0.15) is 52.4 Å². The van der Waals surface area contributed by atoms with E-state index in [9.17, 15) is 13.6 Å². The Hall–Kier alpha value is -0.670. The van der Waals surface area contributed by atoms with Crippen LogP contribution in [0.2, 0.25) is 0 Å². The summed E-state index contributed by atoms with van der Waals surface area (Å²) in [5, 5.41) is 0. The number of carbonyl (C=O) groups is 1. The van der Waals surface area contributed by atoms with Gasteiger partial charge in [-0.1, -0.05) is 26.2 Å². The quantitative estimate of drug-likeness (QED) is 0.722. The molecule has 0 amide bonds.